The normalized spacial score (nSPS) is 18.4. The zero-order valence-corrected chi connectivity index (χ0v) is 12.7. The number of aryl methyl sites for hydroxylation is 2. The Morgan fingerprint density at radius 3 is 2.86 bits per heavy atom. The van der Waals surface area contributed by atoms with Gasteiger partial charge in [-0.05, 0) is 30.7 Å². The smallest absolute Gasteiger partial charge is 0.224 e. The average molecular weight is 300 g/mol. The van der Waals surface area contributed by atoms with Crippen LogP contribution in [0.15, 0.2) is 36.8 Å². The van der Waals surface area contributed by atoms with E-state index in [4.69, 9.17) is 4.74 Å². The van der Waals surface area contributed by atoms with E-state index in [0.717, 1.165) is 11.3 Å². The first-order chi connectivity index (χ1) is 10.7. The highest BCUT2D eigenvalue weighted by Gasteiger charge is 2.25. The van der Waals surface area contributed by atoms with E-state index >= 15 is 0 Å². The molecule has 3 rings (SSSR count). The molecule has 0 aromatic carbocycles. The van der Waals surface area contributed by atoms with Gasteiger partial charge in [0, 0.05) is 43.8 Å². The molecular formula is C16H20N4O2. The van der Waals surface area contributed by atoms with Gasteiger partial charge in [-0.25, -0.2) is 0 Å². The molecule has 1 amide bonds. The first-order valence-corrected chi connectivity index (χ1v) is 7.52. The summed E-state index contributed by atoms with van der Waals surface area (Å²) in [6, 6.07) is 5.82. The number of pyridine rings is 1. The van der Waals surface area contributed by atoms with Crippen LogP contribution in [0, 0.1) is 6.92 Å². The molecule has 0 N–H and O–H groups in total. The van der Waals surface area contributed by atoms with E-state index in [9.17, 15) is 4.79 Å². The van der Waals surface area contributed by atoms with E-state index in [2.05, 4.69) is 10.1 Å². The molecule has 116 valence electrons. The number of nitrogens with zero attached hydrogens (tertiary/aromatic N) is 4. The first kappa shape index (κ1) is 14.7. The minimum absolute atomic E-state index is 0.0628. The van der Waals surface area contributed by atoms with Crippen molar-refractivity contribution in [3.63, 3.8) is 0 Å². The minimum atomic E-state index is -0.0628. The third kappa shape index (κ3) is 3.33. The van der Waals surface area contributed by atoms with Gasteiger partial charge in [0.25, 0.3) is 0 Å². The van der Waals surface area contributed by atoms with Gasteiger partial charge in [-0.15, -0.1) is 0 Å². The predicted molar refractivity (Wildman–Crippen MR) is 81.1 cm³/mol. The number of rotatable bonds is 4. The van der Waals surface area contributed by atoms with Gasteiger partial charge in [0.1, 0.15) is 6.10 Å². The standard InChI is InChI=1S/C16H20N4O2/c1-13-2-8-18-20(13)9-5-16(21)19-10-11-22-15(12-19)14-3-6-17-7-4-14/h2-4,6-8,15H,5,9-12H2,1H3/t15-/m0/s1. The van der Waals surface area contributed by atoms with E-state index in [1.807, 2.05) is 34.7 Å². The largest absolute Gasteiger partial charge is 0.370 e. The van der Waals surface area contributed by atoms with Crippen LogP contribution in [0.5, 0.6) is 0 Å². The van der Waals surface area contributed by atoms with Crippen molar-refractivity contribution in [3.8, 4) is 0 Å². The molecule has 1 aliphatic heterocycles. The predicted octanol–water partition coefficient (Wildman–Crippen LogP) is 1.58. The van der Waals surface area contributed by atoms with Gasteiger partial charge < -0.3 is 9.64 Å². The van der Waals surface area contributed by atoms with Gasteiger partial charge in [-0.3, -0.25) is 14.5 Å². The summed E-state index contributed by atoms with van der Waals surface area (Å²) in [5, 5.41) is 4.21. The van der Waals surface area contributed by atoms with Crippen LogP contribution in [0.1, 0.15) is 23.8 Å². The number of hydrogen-bond donors (Lipinski definition) is 0. The van der Waals surface area contributed by atoms with E-state index in [1.165, 1.54) is 0 Å². The fourth-order valence-corrected chi connectivity index (χ4v) is 2.65. The number of hydrogen-bond acceptors (Lipinski definition) is 4. The lowest BCUT2D eigenvalue weighted by Gasteiger charge is -2.33. The summed E-state index contributed by atoms with van der Waals surface area (Å²) < 4.78 is 7.63. The fraction of sp³-hybridized carbons (Fsp3) is 0.438. The van der Waals surface area contributed by atoms with Crippen molar-refractivity contribution in [2.75, 3.05) is 19.7 Å². The van der Waals surface area contributed by atoms with Crippen molar-refractivity contribution in [1.29, 1.82) is 0 Å². The molecule has 1 fully saturated rings. The lowest BCUT2D eigenvalue weighted by Crippen LogP contribution is -2.42. The van der Waals surface area contributed by atoms with Crippen molar-refractivity contribution >= 4 is 5.91 Å². The Kier molecular flexibility index (Phi) is 4.48. The van der Waals surface area contributed by atoms with Crippen LogP contribution in [-0.2, 0) is 16.1 Å². The Bertz CT molecular complexity index is 626. The Hall–Kier alpha value is -2.21. The second-order valence-corrected chi connectivity index (χ2v) is 5.43. The molecule has 2 aromatic rings. The molecule has 0 unspecified atom stereocenters. The van der Waals surface area contributed by atoms with Gasteiger partial charge in [0.15, 0.2) is 0 Å². The minimum Gasteiger partial charge on any atom is -0.370 e. The zero-order valence-electron chi connectivity index (χ0n) is 12.7. The molecular weight excluding hydrogens is 280 g/mol. The maximum absolute atomic E-state index is 12.4. The Labute approximate surface area is 129 Å². The molecule has 0 bridgehead atoms. The number of morpholine rings is 1. The Morgan fingerprint density at radius 2 is 2.14 bits per heavy atom. The van der Waals surface area contributed by atoms with Crippen LogP contribution in [0.25, 0.3) is 0 Å². The summed E-state index contributed by atoms with van der Waals surface area (Å²) in [4.78, 5) is 18.3. The highest BCUT2D eigenvalue weighted by molar-refractivity contribution is 5.76. The molecule has 6 heteroatoms. The number of aromatic nitrogens is 3. The maximum Gasteiger partial charge on any atom is 0.224 e. The zero-order chi connectivity index (χ0) is 15.4. The number of amides is 1. The number of carbonyl (C=O) groups is 1. The van der Waals surface area contributed by atoms with Crippen LogP contribution in [0.3, 0.4) is 0 Å². The molecule has 3 heterocycles. The van der Waals surface area contributed by atoms with Crippen LogP contribution in [0.2, 0.25) is 0 Å². The van der Waals surface area contributed by atoms with Crippen molar-refractivity contribution < 1.29 is 9.53 Å². The van der Waals surface area contributed by atoms with Crippen molar-refractivity contribution in [2.24, 2.45) is 0 Å². The van der Waals surface area contributed by atoms with E-state index in [-0.39, 0.29) is 12.0 Å². The summed E-state index contributed by atoms with van der Waals surface area (Å²) in [7, 11) is 0. The number of carbonyl (C=O) groups excluding carboxylic acids is 1. The molecule has 22 heavy (non-hydrogen) atoms. The Balaban J connectivity index is 1.57. The molecule has 0 spiro atoms. The van der Waals surface area contributed by atoms with Crippen molar-refractivity contribution in [2.45, 2.75) is 26.0 Å². The summed E-state index contributed by atoms with van der Waals surface area (Å²) in [5.74, 6) is 0.150. The summed E-state index contributed by atoms with van der Waals surface area (Å²) in [5.41, 5.74) is 2.14. The lowest BCUT2D eigenvalue weighted by atomic mass is 10.1. The molecule has 1 saturated heterocycles. The molecule has 2 aromatic heterocycles. The van der Waals surface area contributed by atoms with Gasteiger partial charge >= 0.3 is 0 Å². The monoisotopic (exact) mass is 300 g/mol. The third-order valence-corrected chi connectivity index (χ3v) is 3.96. The lowest BCUT2D eigenvalue weighted by molar-refractivity contribution is -0.139. The third-order valence-electron chi connectivity index (χ3n) is 3.96. The molecule has 6 nitrogen and oxygen atoms in total. The first-order valence-electron chi connectivity index (χ1n) is 7.52. The average Bonchev–Trinajstić information content (AvgIpc) is 2.99. The van der Waals surface area contributed by atoms with Gasteiger partial charge in [0.2, 0.25) is 5.91 Å². The van der Waals surface area contributed by atoms with Crippen molar-refractivity contribution in [1.82, 2.24) is 19.7 Å². The molecule has 0 radical (unpaired) electrons. The summed E-state index contributed by atoms with van der Waals surface area (Å²) >= 11 is 0. The van der Waals surface area contributed by atoms with E-state index < -0.39 is 0 Å². The SMILES string of the molecule is Cc1ccnn1CCC(=O)N1CCO[C@H](c2ccncc2)C1. The molecule has 1 aliphatic rings. The fourth-order valence-electron chi connectivity index (χ4n) is 2.65. The topological polar surface area (TPSA) is 60.2 Å². The Morgan fingerprint density at radius 1 is 1.32 bits per heavy atom. The second-order valence-electron chi connectivity index (χ2n) is 5.43. The van der Waals surface area contributed by atoms with Gasteiger partial charge in [-0.1, -0.05) is 0 Å². The molecule has 0 aliphatic carbocycles. The highest BCUT2D eigenvalue weighted by Crippen LogP contribution is 2.21. The molecule has 1 atom stereocenters. The van der Waals surface area contributed by atoms with Gasteiger partial charge in [-0.2, -0.15) is 5.10 Å². The van der Waals surface area contributed by atoms with Crippen molar-refractivity contribution in [3.05, 3.63) is 48.0 Å². The quantitative estimate of drug-likeness (QED) is 0.860. The van der Waals surface area contributed by atoms with Crippen LogP contribution in [0.4, 0.5) is 0 Å². The van der Waals surface area contributed by atoms with Crippen LogP contribution < -0.4 is 0 Å². The van der Waals surface area contributed by atoms with E-state index in [1.54, 1.807) is 18.6 Å². The van der Waals surface area contributed by atoms with Gasteiger partial charge in [0.05, 0.1) is 13.2 Å². The van der Waals surface area contributed by atoms with E-state index in [0.29, 0.717) is 32.7 Å². The van der Waals surface area contributed by atoms with Crippen LogP contribution >= 0.6 is 0 Å². The maximum atomic E-state index is 12.4. The number of ether oxygens (including phenoxy) is 1. The van der Waals surface area contributed by atoms with Crippen LogP contribution in [-0.4, -0.2) is 45.3 Å². The summed E-state index contributed by atoms with van der Waals surface area (Å²) in [6.45, 7) is 4.43. The highest BCUT2D eigenvalue weighted by atomic mass is 16.5. The summed E-state index contributed by atoms with van der Waals surface area (Å²) in [6.07, 6.45) is 5.66. The second kappa shape index (κ2) is 6.70. The molecule has 0 saturated carbocycles.